The smallest absolute Gasteiger partial charge is 0.244 e. The maximum Gasteiger partial charge on any atom is 0.244 e. The number of nitrogens with one attached hydrogen (secondary N) is 1. The van der Waals surface area contributed by atoms with Gasteiger partial charge in [-0.15, -0.1) is 6.58 Å². The van der Waals surface area contributed by atoms with Gasteiger partial charge in [0.15, 0.2) is 5.75 Å². The number of benzene rings is 1. The lowest BCUT2D eigenvalue weighted by Gasteiger charge is -2.11. The first kappa shape index (κ1) is 14.3. The second kappa shape index (κ2) is 5.73. The fraction of sp³-hybridized carbons (Fsp3) is 0.200. The molecule has 0 spiro atoms. The first-order valence-corrected chi connectivity index (χ1v) is 6.80. The van der Waals surface area contributed by atoms with E-state index in [9.17, 15) is 8.42 Å². The number of sulfonamides is 1. The zero-order chi connectivity index (χ0) is 13.1. The number of hydrogen-bond donors (Lipinski definition) is 1. The molecular weight excluding hydrogens is 285 g/mol. The summed E-state index contributed by atoms with van der Waals surface area (Å²) in [5, 5.41) is 0.293. The Bertz CT molecular complexity index is 529. The third-order valence-corrected chi connectivity index (χ3v) is 4.16. The first-order valence-electron chi connectivity index (χ1n) is 4.56. The van der Waals surface area contributed by atoms with Crippen molar-refractivity contribution < 1.29 is 13.2 Å². The molecule has 94 valence electrons. The van der Waals surface area contributed by atoms with Crippen LogP contribution in [0.4, 0.5) is 0 Å². The van der Waals surface area contributed by atoms with Crippen molar-refractivity contribution in [3.05, 3.63) is 34.8 Å². The zero-order valence-corrected chi connectivity index (χ0v) is 11.4. The van der Waals surface area contributed by atoms with Gasteiger partial charge in [-0.1, -0.05) is 29.3 Å². The minimum absolute atomic E-state index is 0.0238. The predicted octanol–water partition coefficient (Wildman–Crippen LogP) is 2.47. The minimum atomic E-state index is -3.69. The lowest BCUT2D eigenvalue weighted by Crippen LogP contribution is -2.24. The maximum atomic E-state index is 11.9. The molecule has 1 N–H and O–H groups in total. The molecule has 0 fully saturated rings. The summed E-state index contributed by atoms with van der Waals surface area (Å²) >= 11 is 11.6. The summed E-state index contributed by atoms with van der Waals surface area (Å²) in [5.41, 5.74) is 0. The fourth-order valence-electron chi connectivity index (χ4n) is 1.16. The Morgan fingerprint density at radius 1 is 1.47 bits per heavy atom. The summed E-state index contributed by atoms with van der Waals surface area (Å²) in [6, 6.07) is 2.73. The highest BCUT2D eigenvalue weighted by atomic mass is 35.5. The average molecular weight is 296 g/mol. The molecule has 0 bridgehead atoms. The van der Waals surface area contributed by atoms with E-state index < -0.39 is 10.0 Å². The molecule has 17 heavy (non-hydrogen) atoms. The third-order valence-electron chi connectivity index (χ3n) is 1.93. The van der Waals surface area contributed by atoms with Gasteiger partial charge in [-0.05, 0) is 12.1 Å². The molecule has 1 aromatic carbocycles. The van der Waals surface area contributed by atoms with E-state index in [4.69, 9.17) is 27.9 Å². The molecule has 1 rings (SSSR count). The van der Waals surface area contributed by atoms with Gasteiger partial charge in [0, 0.05) is 6.54 Å². The Morgan fingerprint density at radius 2 is 2.12 bits per heavy atom. The van der Waals surface area contributed by atoms with Crippen LogP contribution in [0.2, 0.25) is 10.0 Å². The van der Waals surface area contributed by atoms with Gasteiger partial charge in [0.2, 0.25) is 10.0 Å². The summed E-state index contributed by atoms with van der Waals surface area (Å²) in [4.78, 5) is -0.0590. The van der Waals surface area contributed by atoms with Crippen LogP contribution in [0.3, 0.4) is 0 Å². The van der Waals surface area contributed by atoms with Crippen molar-refractivity contribution in [2.24, 2.45) is 0 Å². The van der Waals surface area contributed by atoms with Crippen LogP contribution in [0.1, 0.15) is 0 Å². The molecule has 0 aliphatic rings. The van der Waals surface area contributed by atoms with Crippen molar-refractivity contribution in [2.75, 3.05) is 13.7 Å². The van der Waals surface area contributed by atoms with Crippen molar-refractivity contribution in [2.45, 2.75) is 4.90 Å². The van der Waals surface area contributed by atoms with Gasteiger partial charge in [-0.3, -0.25) is 0 Å². The number of methoxy groups -OCH3 is 1. The molecule has 1 aromatic rings. The summed E-state index contributed by atoms with van der Waals surface area (Å²) in [6.07, 6.45) is 1.43. The number of hydrogen-bond acceptors (Lipinski definition) is 3. The van der Waals surface area contributed by atoms with Crippen LogP contribution in [-0.4, -0.2) is 22.1 Å². The zero-order valence-electron chi connectivity index (χ0n) is 9.04. The molecule has 0 heterocycles. The lowest BCUT2D eigenvalue weighted by atomic mass is 10.3. The molecule has 7 heteroatoms. The van der Waals surface area contributed by atoms with Gasteiger partial charge in [0.25, 0.3) is 0 Å². The number of ether oxygens (including phenoxy) is 1. The monoisotopic (exact) mass is 295 g/mol. The molecule has 0 aromatic heterocycles. The van der Waals surface area contributed by atoms with E-state index in [-0.39, 0.29) is 27.2 Å². The van der Waals surface area contributed by atoms with Crippen molar-refractivity contribution in [1.29, 1.82) is 0 Å². The largest absolute Gasteiger partial charge is 0.494 e. The second-order valence-corrected chi connectivity index (χ2v) is 5.55. The molecule has 0 atom stereocenters. The van der Waals surface area contributed by atoms with E-state index in [1.54, 1.807) is 0 Å². The van der Waals surface area contributed by atoms with Gasteiger partial charge in [0.1, 0.15) is 9.92 Å². The Morgan fingerprint density at radius 3 is 2.65 bits per heavy atom. The number of rotatable bonds is 5. The highest BCUT2D eigenvalue weighted by Crippen LogP contribution is 2.37. The molecule has 0 aliphatic heterocycles. The summed E-state index contributed by atoms with van der Waals surface area (Å²) in [5.74, 6) is 0.0238. The molecule has 0 radical (unpaired) electrons. The highest BCUT2D eigenvalue weighted by molar-refractivity contribution is 7.89. The minimum Gasteiger partial charge on any atom is -0.494 e. The van der Waals surface area contributed by atoms with Crippen LogP contribution < -0.4 is 9.46 Å². The van der Waals surface area contributed by atoms with Crippen LogP contribution in [0, 0.1) is 0 Å². The van der Waals surface area contributed by atoms with E-state index in [1.165, 1.54) is 25.3 Å². The summed E-state index contributed by atoms with van der Waals surface area (Å²) < 4.78 is 31.1. The van der Waals surface area contributed by atoms with Crippen LogP contribution >= 0.6 is 23.2 Å². The second-order valence-electron chi connectivity index (χ2n) is 3.03. The van der Waals surface area contributed by atoms with Gasteiger partial charge in [-0.25, -0.2) is 13.1 Å². The van der Waals surface area contributed by atoms with Crippen molar-refractivity contribution in [1.82, 2.24) is 4.72 Å². The molecule has 0 unspecified atom stereocenters. The predicted molar refractivity (Wildman–Crippen MR) is 68.4 cm³/mol. The van der Waals surface area contributed by atoms with Gasteiger partial charge < -0.3 is 4.74 Å². The standard InChI is InChI=1S/C10H11Cl2NO3S/c1-3-6-13-17(14,15)8-5-4-7(11)9(12)10(8)16-2/h3-5,13H,1,6H2,2H3. The Balaban J connectivity index is 3.31. The molecule has 0 amide bonds. The van der Waals surface area contributed by atoms with E-state index in [0.29, 0.717) is 0 Å². The molecule has 0 saturated heterocycles. The fourth-order valence-corrected chi connectivity index (χ4v) is 2.78. The number of halogens is 2. The Kier molecular flexibility index (Phi) is 4.82. The molecular formula is C10H11Cl2NO3S. The SMILES string of the molecule is C=CCNS(=O)(=O)c1ccc(Cl)c(Cl)c1OC. The highest BCUT2D eigenvalue weighted by Gasteiger charge is 2.22. The average Bonchev–Trinajstić information content (AvgIpc) is 2.29. The Labute approximate surface area is 110 Å². The van der Waals surface area contributed by atoms with E-state index in [2.05, 4.69) is 11.3 Å². The van der Waals surface area contributed by atoms with Gasteiger partial charge >= 0.3 is 0 Å². The maximum absolute atomic E-state index is 11.9. The molecule has 4 nitrogen and oxygen atoms in total. The third kappa shape index (κ3) is 3.13. The Hall–Kier alpha value is -0.750. The van der Waals surface area contributed by atoms with Crippen molar-refractivity contribution >= 4 is 33.2 Å². The van der Waals surface area contributed by atoms with Crippen LogP contribution in [0.25, 0.3) is 0 Å². The summed E-state index contributed by atoms with van der Waals surface area (Å²) in [7, 11) is -2.37. The first-order chi connectivity index (χ1) is 7.94. The molecule has 0 aliphatic carbocycles. The van der Waals surface area contributed by atoms with Crippen LogP contribution in [0.15, 0.2) is 29.7 Å². The van der Waals surface area contributed by atoms with E-state index >= 15 is 0 Å². The van der Waals surface area contributed by atoms with Gasteiger partial charge in [0.05, 0.1) is 12.1 Å². The normalized spacial score (nSPS) is 11.2. The summed E-state index contributed by atoms with van der Waals surface area (Å²) in [6.45, 7) is 3.54. The van der Waals surface area contributed by atoms with E-state index in [0.717, 1.165) is 0 Å². The van der Waals surface area contributed by atoms with Crippen LogP contribution in [0.5, 0.6) is 5.75 Å². The van der Waals surface area contributed by atoms with E-state index in [1.807, 2.05) is 0 Å². The topological polar surface area (TPSA) is 55.4 Å². The molecule has 0 saturated carbocycles. The van der Waals surface area contributed by atoms with Crippen LogP contribution in [-0.2, 0) is 10.0 Å². The van der Waals surface area contributed by atoms with Crippen molar-refractivity contribution in [3.8, 4) is 5.75 Å². The van der Waals surface area contributed by atoms with Gasteiger partial charge in [-0.2, -0.15) is 0 Å². The quantitative estimate of drug-likeness (QED) is 0.849. The lowest BCUT2D eigenvalue weighted by molar-refractivity contribution is 0.402. The van der Waals surface area contributed by atoms with Crippen molar-refractivity contribution in [3.63, 3.8) is 0 Å².